The molecule has 0 spiro atoms. The zero-order valence-corrected chi connectivity index (χ0v) is 16.4. The van der Waals surface area contributed by atoms with Gasteiger partial charge in [-0.25, -0.2) is 19.2 Å². The molecule has 2 heterocycles. The number of halogens is 4. The van der Waals surface area contributed by atoms with Crippen molar-refractivity contribution < 1.29 is 27.2 Å². The molecule has 6 nitrogen and oxygen atoms in total. The molecule has 3 rings (SSSR count). The van der Waals surface area contributed by atoms with Gasteiger partial charge in [0.25, 0.3) is 0 Å². The number of ketones is 1. The van der Waals surface area contributed by atoms with Crippen LogP contribution in [0, 0.1) is 11.7 Å². The molecule has 30 heavy (non-hydrogen) atoms. The maximum Gasteiger partial charge on any atom is 0.416 e. The molecule has 0 bridgehead atoms. The predicted octanol–water partition coefficient (Wildman–Crippen LogP) is 3.71. The summed E-state index contributed by atoms with van der Waals surface area (Å²) in [6, 6.07) is 3.73. The molecule has 160 valence electrons. The lowest BCUT2D eigenvalue weighted by atomic mass is 10.0. The molecule has 1 aliphatic heterocycles. The Hall–Kier alpha value is -3.04. The third-order valence-electron chi connectivity index (χ3n) is 4.87. The fraction of sp³-hybridized carbons (Fsp3) is 0.400. The lowest BCUT2D eigenvalue weighted by molar-refractivity contribution is -0.137. The first-order valence-electron chi connectivity index (χ1n) is 9.29. The lowest BCUT2D eigenvalue weighted by Crippen LogP contribution is -2.41. The first-order chi connectivity index (χ1) is 14.1. The van der Waals surface area contributed by atoms with Crippen molar-refractivity contribution in [3.8, 4) is 0 Å². The maximum absolute atomic E-state index is 13.1. The summed E-state index contributed by atoms with van der Waals surface area (Å²) in [5, 5.41) is 0. The molecule has 0 aliphatic carbocycles. The summed E-state index contributed by atoms with van der Waals surface area (Å²) in [5.41, 5.74) is -0.606. The minimum Gasteiger partial charge on any atom is -0.312 e. The summed E-state index contributed by atoms with van der Waals surface area (Å²) in [6.45, 7) is 3.74. The first-order valence-corrected chi connectivity index (χ1v) is 9.29. The largest absolute Gasteiger partial charge is 0.416 e. The van der Waals surface area contributed by atoms with Crippen LogP contribution in [0.3, 0.4) is 0 Å². The number of hydrogen-bond acceptors (Lipinski definition) is 4. The third kappa shape index (κ3) is 4.74. The van der Waals surface area contributed by atoms with Crippen molar-refractivity contribution >= 4 is 17.8 Å². The first kappa shape index (κ1) is 21.7. The van der Waals surface area contributed by atoms with E-state index in [-0.39, 0.29) is 43.0 Å². The van der Waals surface area contributed by atoms with Gasteiger partial charge in [0.05, 0.1) is 37.1 Å². The average molecular weight is 424 g/mol. The summed E-state index contributed by atoms with van der Waals surface area (Å²) in [5.74, 6) is -1.00. The zero-order chi connectivity index (χ0) is 22.1. The number of amides is 2. The van der Waals surface area contributed by atoms with Gasteiger partial charge in [-0.1, -0.05) is 32.0 Å². The van der Waals surface area contributed by atoms with E-state index in [2.05, 4.69) is 9.97 Å². The lowest BCUT2D eigenvalue weighted by Gasteiger charge is -2.25. The van der Waals surface area contributed by atoms with E-state index in [9.17, 15) is 27.2 Å². The van der Waals surface area contributed by atoms with Gasteiger partial charge in [-0.2, -0.15) is 13.2 Å². The number of nitrogens with zero attached hydrogens (tertiary/aromatic N) is 4. The van der Waals surface area contributed by atoms with Crippen LogP contribution in [0.2, 0.25) is 0 Å². The minimum atomic E-state index is -4.50. The molecule has 0 radical (unpaired) electrons. The summed E-state index contributed by atoms with van der Waals surface area (Å²) in [4.78, 5) is 35.7. The molecule has 2 amide bonds. The highest BCUT2D eigenvalue weighted by molar-refractivity contribution is 5.96. The fourth-order valence-electron chi connectivity index (χ4n) is 3.36. The summed E-state index contributed by atoms with van der Waals surface area (Å²) >= 11 is 0. The average Bonchev–Trinajstić information content (AvgIpc) is 2.98. The smallest absolute Gasteiger partial charge is 0.312 e. The van der Waals surface area contributed by atoms with Crippen molar-refractivity contribution in [1.82, 2.24) is 14.9 Å². The molecule has 1 aliphatic rings. The molecule has 2 aromatic rings. The van der Waals surface area contributed by atoms with Crippen molar-refractivity contribution in [2.75, 3.05) is 18.0 Å². The number of carbonyl (C=O) groups is 2. The second kappa shape index (κ2) is 8.37. The SMILES string of the molecule is CC(C)[C@H]1CN(c2ncc(F)cn2)C(=O)N1CC(=O)Cc1cccc(C(F)(F)F)c1. The molecular formula is C20H20F4N4O2. The Morgan fingerprint density at radius 1 is 1.23 bits per heavy atom. The standard InChI is InChI=1S/C20H20F4N4O2/c1-12(2)17-11-28(18-25-8-15(21)9-26-18)19(30)27(17)10-16(29)7-13-4-3-5-14(6-13)20(22,23)24/h3-6,8-9,12,17H,7,10-11H2,1-2H3/t17-/m1/s1. The number of urea groups is 1. The number of hydrogen-bond donors (Lipinski definition) is 0. The Bertz CT molecular complexity index is 931. The minimum absolute atomic E-state index is 0.000700. The van der Waals surface area contributed by atoms with E-state index >= 15 is 0 Å². The quantitative estimate of drug-likeness (QED) is 0.663. The van der Waals surface area contributed by atoms with E-state index in [1.165, 1.54) is 21.9 Å². The number of anilines is 1. The van der Waals surface area contributed by atoms with E-state index in [1.807, 2.05) is 13.8 Å². The maximum atomic E-state index is 13.1. The van der Waals surface area contributed by atoms with Gasteiger partial charge < -0.3 is 4.90 Å². The molecule has 1 fully saturated rings. The highest BCUT2D eigenvalue weighted by Gasteiger charge is 2.41. The number of Topliss-reactive ketones (excluding diaryl/α,β-unsaturated/α-hetero) is 1. The number of aromatic nitrogens is 2. The van der Waals surface area contributed by atoms with E-state index < -0.39 is 29.4 Å². The monoisotopic (exact) mass is 424 g/mol. The number of benzene rings is 1. The molecule has 1 saturated heterocycles. The van der Waals surface area contributed by atoms with Crippen molar-refractivity contribution in [3.05, 3.63) is 53.6 Å². The van der Waals surface area contributed by atoms with Gasteiger partial charge in [-0.3, -0.25) is 9.69 Å². The Labute approximate surface area is 170 Å². The van der Waals surface area contributed by atoms with Gasteiger partial charge in [-0.05, 0) is 17.5 Å². The van der Waals surface area contributed by atoms with Gasteiger partial charge >= 0.3 is 12.2 Å². The number of carbonyl (C=O) groups excluding carboxylic acids is 2. The van der Waals surface area contributed by atoms with Gasteiger partial charge in [-0.15, -0.1) is 0 Å². The predicted molar refractivity (Wildman–Crippen MR) is 100 cm³/mol. The van der Waals surface area contributed by atoms with Crippen LogP contribution in [0.5, 0.6) is 0 Å². The van der Waals surface area contributed by atoms with Crippen LogP contribution in [0.15, 0.2) is 36.7 Å². The summed E-state index contributed by atoms with van der Waals surface area (Å²) in [6.07, 6.45) is -2.84. The van der Waals surface area contributed by atoms with E-state index in [0.29, 0.717) is 0 Å². The van der Waals surface area contributed by atoms with Crippen LogP contribution in [0.25, 0.3) is 0 Å². The molecule has 1 aromatic heterocycles. The Balaban J connectivity index is 1.74. The van der Waals surface area contributed by atoms with Crippen LogP contribution in [-0.2, 0) is 17.4 Å². The molecule has 0 unspecified atom stereocenters. The zero-order valence-electron chi connectivity index (χ0n) is 16.4. The fourth-order valence-corrected chi connectivity index (χ4v) is 3.36. The van der Waals surface area contributed by atoms with Gasteiger partial charge in [0, 0.05) is 6.42 Å². The van der Waals surface area contributed by atoms with Crippen molar-refractivity contribution in [1.29, 1.82) is 0 Å². The van der Waals surface area contributed by atoms with E-state index in [0.717, 1.165) is 24.5 Å². The molecule has 10 heteroatoms. The van der Waals surface area contributed by atoms with Crippen LogP contribution in [-0.4, -0.2) is 45.8 Å². The van der Waals surface area contributed by atoms with Crippen LogP contribution in [0.4, 0.5) is 28.3 Å². The Kier molecular flexibility index (Phi) is 6.04. The van der Waals surface area contributed by atoms with E-state index in [1.54, 1.807) is 0 Å². The normalized spacial score (nSPS) is 17.2. The molecular weight excluding hydrogens is 404 g/mol. The van der Waals surface area contributed by atoms with Crippen molar-refractivity contribution in [2.45, 2.75) is 32.5 Å². The second-order valence-corrected chi connectivity index (χ2v) is 7.45. The molecule has 1 aromatic carbocycles. The number of rotatable bonds is 6. The summed E-state index contributed by atoms with van der Waals surface area (Å²) in [7, 11) is 0. The van der Waals surface area contributed by atoms with Crippen LogP contribution >= 0.6 is 0 Å². The van der Waals surface area contributed by atoms with Crippen LogP contribution < -0.4 is 4.90 Å². The second-order valence-electron chi connectivity index (χ2n) is 7.45. The van der Waals surface area contributed by atoms with Gasteiger partial charge in [0.15, 0.2) is 11.6 Å². The van der Waals surface area contributed by atoms with Gasteiger partial charge in [0.1, 0.15) is 0 Å². The Morgan fingerprint density at radius 2 is 1.90 bits per heavy atom. The van der Waals surface area contributed by atoms with Crippen molar-refractivity contribution in [3.63, 3.8) is 0 Å². The van der Waals surface area contributed by atoms with Crippen LogP contribution in [0.1, 0.15) is 25.0 Å². The highest BCUT2D eigenvalue weighted by atomic mass is 19.4. The molecule has 1 atom stereocenters. The number of alkyl halides is 3. The van der Waals surface area contributed by atoms with Crippen molar-refractivity contribution in [2.24, 2.45) is 5.92 Å². The molecule has 0 N–H and O–H groups in total. The van der Waals surface area contributed by atoms with E-state index in [4.69, 9.17) is 0 Å². The Morgan fingerprint density at radius 3 is 2.50 bits per heavy atom. The summed E-state index contributed by atoms with van der Waals surface area (Å²) < 4.78 is 51.7. The van der Waals surface area contributed by atoms with Gasteiger partial charge in [0.2, 0.25) is 5.95 Å². The topological polar surface area (TPSA) is 66.4 Å². The third-order valence-corrected chi connectivity index (χ3v) is 4.87. The highest BCUT2D eigenvalue weighted by Crippen LogP contribution is 2.30. The molecule has 0 saturated carbocycles.